The second kappa shape index (κ2) is 11.9. The Balaban J connectivity index is 0.00000210. The number of methoxy groups -OCH3 is 1. The molecule has 0 bridgehead atoms. The van der Waals surface area contributed by atoms with Crippen LogP contribution in [0.4, 0.5) is 5.69 Å². The predicted molar refractivity (Wildman–Crippen MR) is 118 cm³/mol. The number of nitrogens with one attached hydrogen (secondary N) is 2. The van der Waals surface area contributed by atoms with Crippen molar-refractivity contribution in [3.8, 4) is 5.75 Å². The summed E-state index contributed by atoms with van der Waals surface area (Å²) < 4.78 is 32.9. The Bertz CT molecular complexity index is 767. The van der Waals surface area contributed by atoms with Gasteiger partial charge >= 0.3 is 0 Å². The topological polar surface area (TPSA) is 91.0 Å². The maximum atomic E-state index is 13.0. The van der Waals surface area contributed by atoms with Crippen molar-refractivity contribution in [1.82, 2.24) is 14.5 Å². The summed E-state index contributed by atoms with van der Waals surface area (Å²) in [6.45, 7) is 4.72. The summed E-state index contributed by atoms with van der Waals surface area (Å²) in [4.78, 5) is 14.5. The molecule has 0 atom stereocenters. The van der Waals surface area contributed by atoms with E-state index in [9.17, 15) is 13.2 Å². The molecule has 8 nitrogen and oxygen atoms in total. The molecule has 2 saturated heterocycles. The quantitative estimate of drug-likeness (QED) is 0.657. The lowest BCUT2D eigenvalue weighted by Crippen LogP contribution is -2.46. The van der Waals surface area contributed by atoms with Gasteiger partial charge in [-0.25, -0.2) is 8.42 Å². The predicted octanol–water partition coefficient (Wildman–Crippen LogP) is 1.56. The Morgan fingerprint density at radius 1 is 1.10 bits per heavy atom. The van der Waals surface area contributed by atoms with Gasteiger partial charge in [0, 0.05) is 45.0 Å². The van der Waals surface area contributed by atoms with E-state index in [-0.39, 0.29) is 35.6 Å². The van der Waals surface area contributed by atoms with E-state index < -0.39 is 10.0 Å². The lowest BCUT2D eigenvalue weighted by molar-refractivity contribution is -0.117. The minimum absolute atomic E-state index is 0. The maximum absolute atomic E-state index is 13.0. The van der Waals surface area contributed by atoms with Gasteiger partial charge in [-0.15, -0.1) is 24.8 Å². The first-order valence-electron chi connectivity index (χ1n) is 9.42. The Morgan fingerprint density at radius 3 is 2.38 bits per heavy atom. The molecule has 0 aromatic heterocycles. The van der Waals surface area contributed by atoms with Crippen molar-refractivity contribution >= 4 is 46.4 Å². The van der Waals surface area contributed by atoms with Gasteiger partial charge in [0.05, 0.1) is 13.7 Å². The summed E-state index contributed by atoms with van der Waals surface area (Å²) in [6, 6.07) is 4.76. The van der Waals surface area contributed by atoms with E-state index in [4.69, 9.17) is 4.74 Å². The molecule has 2 heterocycles. The highest BCUT2D eigenvalue weighted by molar-refractivity contribution is 7.89. The second-order valence-electron chi connectivity index (χ2n) is 6.90. The molecular formula is C18H30Cl2N4O4S. The highest BCUT2D eigenvalue weighted by atomic mass is 35.5. The number of halogens is 2. The molecule has 2 N–H and O–H groups in total. The molecular weight excluding hydrogens is 439 g/mol. The van der Waals surface area contributed by atoms with E-state index >= 15 is 0 Å². The normalized spacial score (nSPS) is 18.2. The largest absolute Gasteiger partial charge is 0.495 e. The van der Waals surface area contributed by atoms with Crippen molar-refractivity contribution in [2.75, 3.05) is 58.2 Å². The SMILES string of the molecule is COc1ccc(NC(=O)CN2CCNCC2)cc1S(=O)(=O)N1CCCCC1.Cl.Cl. The number of amides is 1. The number of anilines is 1. The molecule has 2 aliphatic heterocycles. The fourth-order valence-corrected chi connectivity index (χ4v) is 5.17. The van der Waals surface area contributed by atoms with E-state index in [0.29, 0.717) is 31.1 Å². The molecule has 2 fully saturated rings. The van der Waals surface area contributed by atoms with Crippen molar-refractivity contribution in [2.24, 2.45) is 0 Å². The van der Waals surface area contributed by atoms with Crippen LogP contribution in [-0.2, 0) is 14.8 Å². The maximum Gasteiger partial charge on any atom is 0.246 e. The lowest BCUT2D eigenvalue weighted by atomic mass is 10.2. The van der Waals surface area contributed by atoms with Gasteiger partial charge in [-0.1, -0.05) is 6.42 Å². The van der Waals surface area contributed by atoms with E-state index in [1.54, 1.807) is 12.1 Å². The Kier molecular flexibility index (Phi) is 10.7. The standard InChI is InChI=1S/C18H28N4O4S.2ClH/c1-26-16-6-5-15(20-18(23)14-21-11-7-19-8-12-21)13-17(16)27(24,25)22-9-3-2-4-10-22;;/h5-6,13,19H,2-4,7-12,14H2,1H3,(H,20,23);2*1H. The van der Waals surface area contributed by atoms with Gasteiger partial charge < -0.3 is 15.4 Å². The first-order chi connectivity index (χ1) is 13.0. The van der Waals surface area contributed by atoms with Crippen molar-refractivity contribution in [3.05, 3.63) is 18.2 Å². The van der Waals surface area contributed by atoms with Crippen LogP contribution in [-0.4, -0.2) is 76.5 Å². The number of piperazine rings is 1. The van der Waals surface area contributed by atoms with Crippen LogP contribution >= 0.6 is 24.8 Å². The fourth-order valence-electron chi connectivity index (χ4n) is 3.47. The number of ether oxygens (including phenoxy) is 1. The molecule has 2 aliphatic rings. The first-order valence-corrected chi connectivity index (χ1v) is 10.9. The molecule has 1 aromatic carbocycles. The molecule has 0 radical (unpaired) electrons. The van der Waals surface area contributed by atoms with Crippen LogP contribution in [0, 0.1) is 0 Å². The molecule has 0 saturated carbocycles. The van der Waals surface area contributed by atoms with Gasteiger partial charge in [-0.05, 0) is 31.0 Å². The number of carbonyl (C=O) groups excluding carboxylic acids is 1. The minimum Gasteiger partial charge on any atom is -0.495 e. The number of sulfonamides is 1. The number of nitrogens with zero attached hydrogens (tertiary/aromatic N) is 2. The van der Waals surface area contributed by atoms with Crippen LogP contribution in [0.2, 0.25) is 0 Å². The number of hydrogen-bond acceptors (Lipinski definition) is 6. The third-order valence-electron chi connectivity index (χ3n) is 4.96. The zero-order chi connectivity index (χ0) is 19.3. The van der Waals surface area contributed by atoms with Crippen LogP contribution in [0.1, 0.15) is 19.3 Å². The van der Waals surface area contributed by atoms with Crippen LogP contribution in [0.25, 0.3) is 0 Å². The molecule has 11 heteroatoms. The Hall–Kier alpha value is -1.10. The van der Waals surface area contributed by atoms with E-state index in [0.717, 1.165) is 45.4 Å². The molecule has 0 unspecified atom stereocenters. The highest BCUT2D eigenvalue weighted by Gasteiger charge is 2.29. The average Bonchev–Trinajstić information content (AvgIpc) is 2.69. The number of carbonyl (C=O) groups is 1. The number of rotatable bonds is 6. The summed E-state index contributed by atoms with van der Waals surface area (Å²) in [5, 5.41) is 6.06. The van der Waals surface area contributed by atoms with E-state index in [1.807, 2.05) is 0 Å². The van der Waals surface area contributed by atoms with Gasteiger partial charge in [0.25, 0.3) is 0 Å². The molecule has 166 valence electrons. The Morgan fingerprint density at radius 2 is 1.76 bits per heavy atom. The van der Waals surface area contributed by atoms with Gasteiger partial charge in [0.1, 0.15) is 10.6 Å². The van der Waals surface area contributed by atoms with Crippen molar-refractivity contribution in [3.63, 3.8) is 0 Å². The third kappa shape index (κ3) is 6.70. The number of hydrogen-bond donors (Lipinski definition) is 2. The van der Waals surface area contributed by atoms with Gasteiger partial charge in [0.2, 0.25) is 15.9 Å². The van der Waals surface area contributed by atoms with Gasteiger partial charge in [0.15, 0.2) is 0 Å². The van der Waals surface area contributed by atoms with Crippen LogP contribution in [0.5, 0.6) is 5.75 Å². The second-order valence-corrected chi connectivity index (χ2v) is 8.81. The van der Waals surface area contributed by atoms with Crippen LogP contribution in [0.15, 0.2) is 23.1 Å². The Labute approximate surface area is 185 Å². The highest BCUT2D eigenvalue weighted by Crippen LogP contribution is 2.31. The molecule has 0 aliphatic carbocycles. The number of piperidine rings is 1. The van der Waals surface area contributed by atoms with Gasteiger partial charge in [-0.2, -0.15) is 4.31 Å². The minimum atomic E-state index is -3.65. The molecule has 29 heavy (non-hydrogen) atoms. The van der Waals surface area contributed by atoms with Crippen molar-refractivity contribution in [1.29, 1.82) is 0 Å². The zero-order valence-electron chi connectivity index (χ0n) is 16.6. The summed E-state index contributed by atoms with van der Waals surface area (Å²) in [5.41, 5.74) is 0.464. The number of benzene rings is 1. The molecule has 1 amide bonds. The summed E-state index contributed by atoms with van der Waals surface area (Å²) >= 11 is 0. The smallest absolute Gasteiger partial charge is 0.246 e. The first kappa shape index (κ1) is 25.9. The van der Waals surface area contributed by atoms with Gasteiger partial charge in [-0.3, -0.25) is 9.69 Å². The van der Waals surface area contributed by atoms with Crippen molar-refractivity contribution in [2.45, 2.75) is 24.2 Å². The average molecular weight is 469 g/mol. The summed E-state index contributed by atoms with van der Waals surface area (Å²) in [6.07, 6.45) is 2.77. The van der Waals surface area contributed by atoms with Crippen molar-refractivity contribution < 1.29 is 17.9 Å². The van der Waals surface area contributed by atoms with Crippen LogP contribution < -0.4 is 15.4 Å². The van der Waals surface area contributed by atoms with Crippen LogP contribution in [0.3, 0.4) is 0 Å². The molecule has 3 rings (SSSR count). The lowest BCUT2D eigenvalue weighted by Gasteiger charge is -2.27. The zero-order valence-corrected chi connectivity index (χ0v) is 19.0. The van der Waals surface area contributed by atoms with E-state index in [2.05, 4.69) is 15.5 Å². The third-order valence-corrected chi connectivity index (χ3v) is 6.88. The molecule has 0 spiro atoms. The fraction of sp³-hybridized carbons (Fsp3) is 0.611. The van der Waals surface area contributed by atoms with E-state index in [1.165, 1.54) is 17.5 Å². The molecule has 1 aromatic rings. The summed E-state index contributed by atoms with van der Waals surface area (Å²) in [5.74, 6) is 0.143. The monoisotopic (exact) mass is 468 g/mol. The summed E-state index contributed by atoms with van der Waals surface area (Å²) in [7, 11) is -2.20.